The Kier molecular flexibility index (Phi) is 5.99. The van der Waals surface area contributed by atoms with Gasteiger partial charge in [0, 0.05) is 22.7 Å². The van der Waals surface area contributed by atoms with E-state index >= 15 is 0 Å². The van der Waals surface area contributed by atoms with Crippen LogP contribution in [0.4, 0.5) is 5.69 Å². The molecular weight excluding hydrogens is 414 g/mol. The van der Waals surface area contributed by atoms with Crippen LogP contribution in [0, 0.1) is 6.92 Å². The van der Waals surface area contributed by atoms with E-state index in [0.29, 0.717) is 40.0 Å². The molecule has 0 fully saturated rings. The number of aromatic nitrogens is 2. The third-order valence-corrected chi connectivity index (χ3v) is 5.37. The average molecular weight is 436 g/mol. The van der Waals surface area contributed by atoms with Gasteiger partial charge in [-0.3, -0.25) is 14.0 Å². The SMILES string of the molecule is CCOc1ccc(C(=O)Nc2ccccc2OCc2cc(=O)n3cc(C)sc3n2)cc1. The number of thiazole rings is 1. The van der Waals surface area contributed by atoms with Crippen LogP contribution in [-0.4, -0.2) is 21.9 Å². The van der Waals surface area contributed by atoms with Crippen molar-refractivity contribution in [2.24, 2.45) is 0 Å². The van der Waals surface area contributed by atoms with Gasteiger partial charge in [-0.2, -0.15) is 0 Å². The first-order chi connectivity index (χ1) is 15.0. The molecule has 31 heavy (non-hydrogen) atoms. The number of carbonyl (C=O) groups is 1. The lowest BCUT2D eigenvalue weighted by atomic mass is 10.2. The van der Waals surface area contributed by atoms with E-state index in [1.54, 1.807) is 42.6 Å². The van der Waals surface area contributed by atoms with Crippen LogP contribution >= 0.6 is 11.3 Å². The summed E-state index contributed by atoms with van der Waals surface area (Å²) in [7, 11) is 0. The summed E-state index contributed by atoms with van der Waals surface area (Å²) in [5, 5.41) is 2.87. The molecule has 2 heterocycles. The largest absolute Gasteiger partial charge is 0.494 e. The number of fused-ring (bicyclic) bond motifs is 1. The molecule has 0 radical (unpaired) electrons. The molecule has 7 nitrogen and oxygen atoms in total. The fraction of sp³-hybridized carbons (Fsp3) is 0.174. The summed E-state index contributed by atoms with van der Waals surface area (Å²) >= 11 is 1.45. The van der Waals surface area contributed by atoms with Crippen LogP contribution in [0.1, 0.15) is 27.9 Å². The van der Waals surface area contributed by atoms with Crippen molar-refractivity contribution in [3.8, 4) is 11.5 Å². The number of anilines is 1. The zero-order valence-corrected chi connectivity index (χ0v) is 17.9. The predicted octanol–water partition coefficient (Wildman–Crippen LogP) is 4.29. The summed E-state index contributed by atoms with van der Waals surface area (Å²) in [5.41, 5.74) is 1.42. The number of hydrogen-bond donors (Lipinski definition) is 1. The van der Waals surface area contributed by atoms with Crippen LogP contribution in [0.25, 0.3) is 4.96 Å². The number of carbonyl (C=O) groups excluding carboxylic acids is 1. The van der Waals surface area contributed by atoms with Crippen molar-refractivity contribution >= 4 is 27.9 Å². The van der Waals surface area contributed by atoms with E-state index in [0.717, 1.165) is 4.88 Å². The van der Waals surface area contributed by atoms with Crippen LogP contribution in [0.3, 0.4) is 0 Å². The zero-order chi connectivity index (χ0) is 21.8. The summed E-state index contributed by atoms with van der Waals surface area (Å²) in [4.78, 5) is 31.0. The van der Waals surface area contributed by atoms with Gasteiger partial charge in [-0.25, -0.2) is 4.98 Å². The van der Waals surface area contributed by atoms with Gasteiger partial charge in [-0.05, 0) is 50.2 Å². The molecule has 2 aromatic heterocycles. The quantitative estimate of drug-likeness (QED) is 0.468. The monoisotopic (exact) mass is 435 g/mol. The number of aryl methyl sites for hydroxylation is 1. The molecule has 0 aliphatic carbocycles. The molecule has 0 saturated heterocycles. The van der Waals surface area contributed by atoms with Gasteiger partial charge in [-0.15, -0.1) is 11.3 Å². The van der Waals surface area contributed by atoms with Gasteiger partial charge in [-0.1, -0.05) is 12.1 Å². The second-order valence-corrected chi connectivity index (χ2v) is 7.99. The highest BCUT2D eigenvalue weighted by Crippen LogP contribution is 2.25. The van der Waals surface area contributed by atoms with Crippen molar-refractivity contribution in [3.05, 3.63) is 87.3 Å². The van der Waals surface area contributed by atoms with Gasteiger partial charge in [0.2, 0.25) is 0 Å². The zero-order valence-electron chi connectivity index (χ0n) is 17.1. The molecule has 158 valence electrons. The minimum absolute atomic E-state index is 0.110. The number of ether oxygens (including phenoxy) is 2. The van der Waals surface area contributed by atoms with E-state index in [1.807, 2.05) is 26.0 Å². The summed E-state index contributed by atoms with van der Waals surface area (Å²) in [6, 6.07) is 15.5. The van der Waals surface area contributed by atoms with Crippen LogP contribution < -0.4 is 20.3 Å². The topological polar surface area (TPSA) is 81.9 Å². The normalized spacial score (nSPS) is 10.8. The fourth-order valence-corrected chi connectivity index (χ4v) is 3.89. The first-order valence-electron chi connectivity index (χ1n) is 9.78. The lowest BCUT2D eigenvalue weighted by Gasteiger charge is -2.12. The maximum absolute atomic E-state index is 12.6. The van der Waals surface area contributed by atoms with Crippen molar-refractivity contribution in [2.45, 2.75) is 20.5 Å². The van der Waals surface area contributed by atoms with Crippen molar-refractivity contribution in [1.82, 2.24) is 9.38 Å². The first-order valence-corrected chi connectivity index (χ1v) is 10.6. The summed E-state index contributed by atoms with van der Waals surface area (Å²) in [6.45, 7) is 4.51. The third-order valence-electron chi connectivity index (χ3n) is 4.47. The van der Waals surface area contributed by atoms with Gasteiger partial charge in [0.25, 0.3) is 11.5 Å². The number of hydrogen-bond acceptors (Lipinski definition) is 6. The third kappa shape index (κ3) is 4.75. The number of amides is 1. The van der Waals surface area contributed by atoms with Gasteiger partial charge in [0.1, 0.15) is 18.1 Å². The minimum atomic E-state index is -0.258. The lowest BCUT2D eigenvalue weighted by molar-refractivity contribution is 0.102. The summed E-state index contributed by atoms with van der Waals surface area (Å²) in [6.07, 6.45) is 1.77. The molecule has 8 heteroatoms. The Labute approximate surface area is 182 Å². The second kappa shape index (κ2) is 9.01. The molecule has 4 rings (SSSR count). The Balaban J connectivity index is 1.48. The van der Waals surface area contributed by atoms with E-state index in [-0.39, 0.29) is 18.1 Å². The summed E-state index contributed by atoms with van der Waals surface area (Å²) in [5.74, 6) is 0.946. The molecule has 0 unspecified atom stereocenters. The van der Waals surface area contributed by atoms with Crippen LogP contribution in [-0.2, 0) is 6.61 Å². The first kappa shape index (κ1) is 20.6. The molecule has 2 aromatic carbocycles. The predicted molar refractivity (Wildman–Crippen MR) is 120 cm³/mol. The van der Waals surface area contributed by atoms with Gasteiger partial charge in [0.15, 0.2) is 4.96 Å². The van der Waals surface area contributed by atoms with Crippen molar-refractivity contribution in [3.63, 3.8) is 0 Å². The van der Waals surface area contributed by atoms with Crippen molar-refractivity contribution in [1.29, 1.82) is 0 Å². The second-order valence-electron chi connectivity index (χ2n) is 6.78. The van der Waals surface area contributed by atoms with E-state index < -0.39 is 0 Å². The Bertz CT molecular complexity index is 1280. The highest BCUT2D eigenvalue weighted by molar-refractivity contribution is 7.16. The van der Waals surface area contributed by atoms with E-state index in [2.05, 4.69) is 10.3 Å². The Morgan fingerprint density at radius 3 is 2.68 bits per heavy atom. The smallest absolute Gasteiger partial charge is 0.258 e. The maximum Gasteiger partial charge on any atom is 0.258 e. The molecule has 0 aliphatic heterocycles. The maximum atomic E-state index is 12.6. The van der Waals surface area contributed by atoms with E-state index in [1.165, 1.54) is 21.8 Å². The lowest BCUT2D eigenvalue weighted by Crippen LogP contribution is -2.15. The molecule has 0 atom stereocenters. The Morgan fingerprint density at radius 1 is 1.13 bits per heavy atom. The number of para-hydroxylation sites is 2. The van der Waals surface area contributed by atoms with E-state index in [9.17, 15) is 9.59 Å². The highest BCUT2D eigenvalue weighted by atomic mass is 32.1. The fourth-order valence-electron chi connectivity index (χ4n) is 3.04. The molecule has 4 aromatic rings. The Morgan fingerprint density at radius 2 is 1.90 bits per heavy atom. The minimum Gasteiger partial charge on any atom is -0.494 e. The van der Waals surface area contributed by atoms with Gasteiger partial charge in [0.05, 0.1) is 18.0 Å². The number of rotatable bonds is 7. The highest BCUT2D eigenvalue weighted by Gasteiger charge is 2.11. The molecule has 1 amide bonds. The molecule has 1 N–H and O–H groups in total. The molecule has 0 saturated carbocycles. The van der Waals surface area contributed by atoms with Crippen LogP contribution in [0.2, 0.25) is 0 Å². The standard InChI is InChI=1S/C23H21N3O4S/c1-3-29-18-10-8-16(9-11-18)22(28)25-19-6-4-5-7-20(19)30-14-17-12-21(27)26-13-15(2)31-23(26)24-17/h4-13H,3,14H2,1-2H3,(H,25,28). The average Bonchev–Trinajstić information content (AvgIpc) is 3.15. The number of nitrogens with zero attached hydrogens (tertiary/aromatic N) is 2. The number of nitrogens with one attached hydrogen (secondary N) is 1. The molecular formula is C23H21N3O4S. The van der Waals surface area contributed by atoms with Crippen LogP contribution in [0.5, 0.6) is 11.5 Å². The molecule has 0 spiro atoms. The molecule has 0 aliphatic rings. The van der Waals surface area contributed by atoms with Crippen LogP contribution in [0.15, 0.2) is 65.6 Å². The van der Waals surface area contributed by atoms with Gasteiger partial charge < -0.3 is 14.8 Å². The molecule has 0 bridgehead atoms. The van der Waals surface area contributed by atoms with Crippen molar-refractivity contribution < 1.29 is 14.3 Å². The van der Waals surface area contributed by atoms with E-state index in [4.69, 9.17) is 9.47 Å². The number of benzene rings is 2. The van der Waals surface area contributed by atoms with Gasteiger partial charge >= 0.3 is 0 Å². The summed E-state index contributed by atoms with van der Waals surface area (Å²) < 4.78 is 12.8. The Hall–Kier alpha value is -3.65. The van der Waals surface area contributed by atoms with Crippen molar-refractivity contribution in [2.75, 3.05) is 11.9 Å².